The minimum absolute atomic E-state index is 0.316. The van der Waals surface area contributed by atoms with Gasteiger partial charge in [0.15, 0.2) is 0 Å². The standard InChI is InChI=1S/C8H7NO2S/c9-12(10)8-5-6-3-1-2-4-7(6)11-8/h1-5H,9H2. The molecule has 1 aromatic heterocycles. The van der Waals surface area contributed by atoms with Crippen molar-refractivity contribution in [1.29, 1.82) is 0 Å². The van der Waals surface area contributed by atoms with Crippen LogP contribution in [0.4, 0.5) is 0 Å². The van der Waals surface area contributed by atoms with Gasteiger partial charge in [-0.25, -0.2) is 0 Å². The van der Waals surface area contributed by atoms with Gasteiger partial charge in [-0.2, -0.15) is 0 Å². The summed E-state index contributed by atoms with van der Waals surface area (Å²) in [7, 11) is 0. The first-order chi connectivity index (χ1) is 5.77. The highest BCUT2D eigenvalue weighted by molar-refractivity contribution is 7.89. The summed E-state index contributed by atoms with van der Waals surface area (Å²) in [5.74, 6) is 0. The van der Waals surface area contributed by atoms with Crippen LogP contribution in [0.15, 0.2) is 39.8 Å². The zero-order valence-corrected chi connectivity index (χ0v) is 7.01. The number of hydrogen-bond donors (Lipinski definition) is 1. The summed E-state index contributed by atoms with van der Waals surface area (Å²) in [4.78, 5) is 0. The molecule has 0 aliphatic carbocycles. The lowest BCUT2D eigenvalue weighted by molar-refractivity contribution is 0.482. The number of nitrogens with two attached hydrogens (primary N) is 1. The fraction of sp³-hybridized carbons (Fsp3) is 0. The van der Waals surface area contributed by atoms with Gasteiger partial charge in [0.1, 0.15) is 16.9 Å². The second-order valence-corrected chi connectivity index (χ2v) is 3.40. The first-order valence-electron chi connectivity index (χ1n) is 3.42. The highest BCUT2D eigenvalue weighted by atomic mass is 32.2. The first-order valence-corrected chi connectivity index (χ1v) is 4.63. The van der Waals surface area contributed by atoms with E-state index in [0.29, 0.717) is 10.7 Å². The first kappa shape index (κ1) is 7.67. The Labute approximate surface area is 72.5 Å². The average molecular weight is 181 g/mol. The molecular formula is C8H7NO2S. The van der Waals surface area contributed by atoms with Crippen molar-refractivity contribution in [2.45, 2.75) is 5.09 Å². The van der Waals surface area contributed by atoms with Crippen LogP contribution in [0.2, 0.25) is 0 Å². The van der Waals surface area contributed by atoms with Crippen LogP contribution in [-0.2, 0) is 11.4 Å². The van der Waals surface area contributed by atoms with E-state index in [1.807, 2.05) is 24.3 Å². The number of hydrogen-bond acceptors (Lipinski definition) is 3. The third-order valence-corrected chi connectivity index (χ3v) is 2.20. The summed E-state index contributed by atoms with van der Waals surface area (Å²) < 4.78 is 16.0. The van der Waals surface area contributed by atoms with Crippen LogP contribution in [-0.4, -0.2) is 4.55 Å². The van der Waals surface area contributed by atoms with E-state index in [4.69, 9.17) is 9.56 Å². The maximum absolute atomic E-state index is 10.8. The molecule has 0 saturated heterocycles. The van der Waals surface area contributed by atoms with Gasteiger partial charge in [-0.3, -0.25) is 0 Å². The van der Waals surface area contributed by atoms with Crippen molar-refractivity contribution < 1.29 is 8.97 Å². The highest BCUT2D eigenvalue weighted by Gasteiger charge is 2.11. The van der Waals surface area contributed by atoms with Crippen molar-refractivity contribution in [3.8, 4) is 0 Å². The number of para-hydroxylation sites is 1. The lowest BCUT2D eigenvalue weighted by atomic mass is 10.3. The van der Waals surface area contributed by atoms with Gasteiger partial charge in [0, 0.05) is 11.5 Å². The van der Waals surface area contributed by atoms with Crippen LogP contribution in [0.25, 0.3) is 11.0 Å². The molecule has 3 nitrogen and oxygen atoms in total. The number of benzene rings is 1. The van der Waals surface area contributed by atoms with Gasteiger partial charge in [0.25, 0.3) is 0 Å². The number of rotatable bonds is 1. The van der Waals surface area contributed by atoms with Gasteiger partial charge in [-0.1, -0.05) is 18.2 Å². The van der Waals surface area contributed by atoms with E-state index in [1.54, 1.807) is 6.07 Å². The fourth-order valence-electron chi connectivity index (χ4n) is 1.06. The topological polar surface area (TPSA) is 62.2 Å². The molecule has 12 heavy (non-hydrogen) atoms. The molecule has 1 atom stereocenters. The predicted octanol–water partition coefficient (Wildman–Crippen LogP) is 1.41. The van der Waals surface area contributed by atoms with Gasteiger partial charge in [-0.15, -0.1) is 5.14 Å². The van der Waals surface area contributed by atoms with Gasteiger partial charge in [-0.05, 0) is 6.07 Å². The smallest absolute Gasteiger partial charge is 0.333 e. The van der Waals surface area contributed by atoms with Crippen molar-refractivity contribution in [1.82, 2.24) is 0 Å². The normalized spacial score (nSPS) is 13.5. The van der Waals surface area contributed by atoms with Crippen LogP contribution in [0, 0.1) is 0 Å². The number of furan rings is 1. The maximum Gasteiger partial charge on any atom is 0.333 e. The summed E-state index contributed by atoms with van der Waals surface area (Å²) in [5, 5.41) is 6.39. The second-order valence-electron chi connectivity index (χ2n) is 2.40. The Balaban J connectivity index is 2.62. The zero-order valence-electron chi connectivity index (χ0n) is 6.19. The molecule has 0 spiro atoms. The Bertz CT molecular complexity index is 364. The summed E-state index contributed by atoms with van der Waals surface area (Å²) in [6.07, 6.45) is 0. The van der Waals surface area contributed by atoms with E-state index in [-0.39, 0.29) is 0 Å². The summed E-state index contributed by atoms with van der Waals surface area (Å²) in [6.45, 7) is 0. The Morgan fingerprint density at radius 3 is 2.75 bits per heavy atom. The van der Waals surface area contributed by atoms with E-state index in [0.717, 1.165) is 5.39 Å². The van der Waals surface area contributed by atoms with Gasteiger partial charge >= 0.3 is 5.09 Å². The molecule has 2 N–H and O–H groups in total. The largest absolute Gasteiger partial charge is 0.591 e. The SMILES string of the molecule is N[S+]([O-])c1cc2ccccc2o1. The van der Waals surface area contributed by atoms with Crippen molar-refractivity contribution in [2.75, 3.05) is 0 Å². The molecule has 2 aromatic rings. The summed E-state index contributed by atoms with van der Waals surface area (Å²) in [6, 6.07) is 9.13. The Morgan fingerprint density at radius 1 is 1.33 bits per heavy atom. The lowest BCUT2D eigenvalue weighted by Gasteiger charge is -1.94. The van der Waals surface area contributed by atoms with E-state index in [1.165, 1.54) is 0 Å². The minimum atomic E-state index is -1.53. The second kappa shape index (κ2) is 2.82. The summed E-state index contributed by atoms with van der Waals surface area (Å²) in [5.41, 5.74) is 0.714. The molecule has 0 amide bonds. The van der Waals surface area contributed by atoms with Crippen molar-refractivity contribution in [2.24, 2.45) is 5.14 Å². The molecule has 0 fully saturated rings. The Kier molecular flexibility index (Phi) is 1.80. The van der Waals surface area contributed by atoms with E-state index in [9.17, 15) is 4.55 Å². The Hall–Kier alpha value is -0.970. The molecule has 0 radical (unpaired) electrons. The van der Waals surface area contributed by atoms with Crippen LogP contribution in [0.1, 0.15) is 0 Å². The monoisotopic (exact) mass is 181 g/mol. The predicted molar refractivity (Wildman–Crippen MR) is 46.8 cm³/mol. The molecular weight excluding hydrogens is 174 g/mol. The molecule has 4 heteroatoms. The molecule has 2 rings (SSSR count). The third-order valence-electron chi connectivity index (χ3n) is 1.60. The van der Waals surface area contributed by atoms with Gasteiger partial charge < -0.3 is 8.97 Å². The minimum Gasteiger partial charge on any atom is -0.591 e. The van der Waals surface area contributed by atoms with E-state index < -0.39 is 11.4 Å². The van der Waals surface area contributed by atoms with Crippen LogP contribution in [0.5, 0.6) is 0 Å². The number of fused-ring (bicyclic) bond motifs is 1. The molecule has 0 saturated carbocycles. The zero-order chi connectivity index (χ0) is 8.55. The quantitative estimate of drug-likeness (QED) is 0.676. The maximum atomic E-state index is 10.8. The molecule has 0 bridgehead atoms. The van der Waals surface area contributed by atoms with E-state index >= 15 is 0 Å². The average Bonchev–Trinajstić information content (AvgIpc) is 2.46. The highest BCUT2D eigenvalue weighted by Crippen LogP contribution is 2.20. The lowest BCUT2D eigenvalue weighted by Crippen LogP contribution is -2.10. The fourth-order valence-corrected chi connectivity index (χ4v) is 1.47. The van der Waals surface area contributed by atoms with Crippen molar-refractivity contribution >= 4 is 22.3 Å². The van der Waals surface area contributed by atoms with Crippen LogP contribution in [0.3, 0.4) is 0 Å². The molecule has 62 valence electrons. The molecule has 0 aliphatic rings. The molecule has 1 heterocycles. The summed E-state index contributed by atoms with van der Waals surface area (Å²) >= 11 is -1.53. The van der Waals surface area contributed by atoms with Crippen LogP contribution < -0.4 is 5.14 Å². The van der Waals surface area contributed by atoms with Gasteiger partial charge in [0.05, 0.1) is 0 Å². The third kappa shape index (κ3) is 1.20. The molecule has 1 aromatic carbocycles. The van der Waals surface area contributed by atoms with Crippen molar-refractivity contribution in [3.63, 3.8) is 0 Å². The molecule has 1 unspecified atom stereocenters. The molecule has 0 aliphatic heterocycles. The van der Waals surface area contributed by atoms with Crippen LogP contribution >= 0.6 is 0 Å². The van der Waals surface area contributed by atoms with E-state index in [2.05, 4.69) is 0 Å². The van der Waals surface area contributed by atoms with Crippen molar-refractivity contribution in [3.05, 3.63) is 30.3 Å². The van der Waals surface area contributed by atoms with Gasteiger partial charge in [0.2, 0.25) is 0 Å². The Morgan fingerprint density at radius 2 is 2.08 bits per heavy atom.